The van der Waals surface area contributed by atoms with Crippen molar-refractivity contribution in [3.05, 3.63) is 95.9 Å². The number of ether oxygens (including phenoxy) is 1. The molecule has 8 heteroatoms. The van der Waals surface area contributed by atoms with Crippen molar-refractivity contribution in [3.8, 4) is 5.75 Å². The van der Waals surface area contributed by atoms with Crippen molar-refractivity contribution >= 4 is 45.0 Å². The molecule has 180 valence electrons. The lowest BCUT2D eigenvalue weighted by atomic mass is 10.0. The first kappa shape index (κ1) is 22.9. The van der Waals surface area contributed by atoms with Crippen LogP contribution in [0.1, 0.15) is 32.8 Å². The number of aryl methyl sites for hydroxylation is 1. The zero-order valence-electron chi connectivity index (χ0n) is 19.2. The summed E-state index contributed by atoms with van der Waals surface area (Å²) in [5.74, 6) is -1.35. The quantitative estimate of drug-likeness (QED) is 0.194. The number of nitrogens with one attached hydrogen (secondary N) is 2. The highest BCUT2D eigenvalue weighted by Gasteiger charge is 2.19. The van der Waals surface area contributed by atoms with Crippen LogP contribution in [0.3, 0.4) is 0 Å². The van der Waals surface area contributed by atoms with E-state index in [1.165, 1.54) is 18.5 Å². The predicted molar refractivity (Wildman–Crippen MR) is 138 cm³/mol. The van der Waals surface area contributed by atoms with Gasteiger partial charge >= 0.3 is 11.9 Å². The number of aromatic carboxylic acids is 2. The van der Waals surface area contributed by atoms with Gasteiger partial charge in [-0.25, -0.2) is 9.59 Å². The van der Waals surface area contributed by atoms with Crippen LogP contribution in [-0.2, 0) is 6.42 Å². The van der Waals surface area contributed by atoms with E-state index in [0.717, 1.165) is 21.9 Å². The van der Waals surface area contributed by atoms with Crippen LogP contribution in [0.15, 0.2) is 79.1 Å². The monoisotopic (exact) mass is 481 g/mol. The van der Waals surface area contributed by atoms with E-state index in [-0.39, 0.29) is 11.3 Å². The number of benzene rings is 3. The third kappa shape index (κ3) is 4.44. The summed E-state index contributed by atoms with van der Waals surface area (Å²) in [6.45, 7) is 0.426. The van der Waals surface area contributed by atoms with Gasteiger partial charge in [0.05, 0.1) is 35.3 Å². The van der Waals surface area contributed by atoms with Gasteiger partial charge in [0, 0.05) is 17.0 Å². The number of hydrogen-bond acceptors (Lipinski definition) is 5. The Balaban J connectivity index is 1.39. The highest BCUT2D eigenvalue weighted by atomic mass is 16.5. The van der Waals surface area contributed by atoms with Crippen LogP contribution in [0.5, 0.6) is 5.75 Å². The molecule has 2 aromatic heterocycles. The van der Waals surface area contributed by atoms with E-state index in [1.807, 2.05) is 48.5 Å². The van der Waals surface area contributed by atoms with Crippen molar-refractivity contribution in [1.29, 1.82) is 0 Å². The minimum Gasteiger partial charge on any atom is -0.493 e. The zero-order valence-corrected chi connectivity index (χ0v) is 19.2. The highest BCUT2D eigenvalue weighted by molar-refractivity contribution is 6.03. The molecule has 3 aromatic carbocycles. The summed E-state index contributed by atoms with van der Waals surface area (Å²) >= 11 is 0. The summed E-state index contributed by atoms with van der Waals surface area (Å²) in [6, 6.07) is 20.7. The molecule has 2 heterocycles. The Kier molecular flexibility index (Phi) is 6.23. The molecule has 0 fully saturated rings. The van der Waals surface area contributed by atoms with Crippen molar-refractivity contribution in [2.24, 2.45) is 0 Å². The number of hydrogen-bond donors (Lipinski definition) is 4. The molecule has 0 radical (unpaired) electrons. The Morgan fingerprint density at radius 2 is 1.67 bits per heavy atom. The molecule has 0 bridgehead atoms. The van der Waals surface area contributed by atoms with Gasteiger partial charge in [-0.15, -0.1) is 0 Å². The molecule has 5 rings (SSSR count). The largest absolute Gasteiger partial charge is 0.493 e. The second-order valence-electron chi connectivity index (χ2n) is 8.29. The Labute approximate surface area is 206 Å². The van der Waals surface area contributed by atoms with Gasteiger partial charge in [-0.1, -0.05) is 48.5 Å². The molecule has 0 spiro atoms. The first-order valence-electron chi connectivity index (χ1n) is 11.4. The van der Waals surface area contributed by atoms with Crippen molar-refractivity contribution in [2.75, 3.05) is 11.9 Å². The maximum atomic E-state index is 12.0. The number of para-hydroxylation sites is 1. The van der Waals surface area contributed by atoms with E-state index in [1.54, 1.807) is 12.1 Å². The molecule has 0 amide bonds. The summed E-state index contributed by atoms with van der Waals surface area (Å²) in [5, 5.41) is 25.3. The third-order valence-electron chi connectivity index (χ3n) is 6.05. The van der Waals surface area contributed by atoms with E-state index in [4.69, 9.17) is 4.74 Å². The molecule has 8 nitrogen and oxygen atoms in total. The maximum Gasteiger partial charge on any atom is 0.352 e. The SMILES string of the molecule is O=C(O)c1ccncc1Nc1cccc2c(CCCOc3cccc4ccccc34)c(C(=O)O)[nH]c12. The average Bonchev–Trinajstić information content (AvgIpc) is 3.27. The van der Waals surface area contributed by atoms with E-state index in [2.05, 4.69) is 15.3 Å². The number of carboxylic acids is 2. The van der Waals surface area contributed by atoms with Gasteiger partial charge in [-0.05, 0) is 42.0 Å². The Morgan fingerprint density at radius 3 is 2.50 bits per heavy atom. The van der Waals surface area contributed by atoms with Gasteiger partial charge in [-0.2, -0.15) is 0 Å². The molecule has 0 saturated heterocycles. The third-order valence-corrected chi connectivity index (χ3v) is 6.05. The van der Waals surface area contributed by atoms with Crippen LogP contribution in [0.2, 0.25) is 0 Å². The number of rotatable bonds is 9. The number of carbonyl (C=O) groups is 2. The minimum absolute atomic E-state index is 0.0674. The van der Waals surface area contributed by atoms with Crippen LogP contribution in [0.25, 0.3) is 21.7 Å². The summed E-state index contributed by atoms with van der Waals surface area (Å²) in [7, 11) is 0. The lowest BCUT2D eigenvalue weighted by Crippen LogP contribution is -2.04. The molecule has 0 atom stereocenters. The second kappa shape index (κ2) is 9.79. The minimum atomic E-state index is -1.09. The molecular formula is C28H23N3O5. The van der Waals surface area contributed by atoms with Gasteiger partial charge in [0.15, 0.2) is 0 Å². The zero-order chi connectivity index (χ0) is 25.1. The molecule has 0 unspecified atom stereocenters. The van der Waals surface area contributed by atoms with E-state index in [9.17, 15) is 19.8 Å². The predicted octanol–water partition coefficient (Wildman–Crippen LogP) is 5.87. The fraction of sp³-hybridized carbons (Fsp3) is 0.107. The number of nitrogens with zero attached hydrogens (tertiary/aromatic N) is 1. The Morgan fingerprint density at radius 1 is 0.889 bits per heavy atom. The van der Waals surface area contributed by atoms with E-state index < -0.39 is 11.9 Å². The first-order chi connectivity index (χ1) is 17.5. The Hall–Kier alpha value is -4.85. The summed E-state index contributed by atoms with van der Waals surface area (Å²) < 4.78 is 6.04. The number of pyridine rings is 1. The van der Waals surface area contributed by atoms with Crippen molar-refractivity contribution in [3.63, 3.8) is 0 Å². The topological polar surface area (TPSA) is 125 Å². The van der Waals surface area contributed by atoms with Crippen LogP contribution in [-0.4, -0.2) is 38.7 Å². The summed E-state index contributed by atoms with van der Waals surface area (Å²) in [6.07, 6.45) is 3.93. The van der Waals surface area contributed by atoms with Crippen molar-refractivity contribution in [1.82, 2.24) is 9.97 Å². The fourth-order valence-electron chi connectivity index (χ4n) is 4.40. The van der Waals surface area contributed by atoms with Crippen molar-refractivity contribution < 1.29 is 24.5 Å². The Bertz CT molecular complexity index is 1590. The lowest BCUT2D eigenvalue weighted by molar-refractivity contribution is 0.0682. The smallest absolute Gasteiger partial charge is 0.352 e. The fourth-order valence-corrected chi connectivity index (χ4v) is 4.40. The number of carboxylic acid groups (broad SMARTS) is 2. The highest BCUT2D eigenvalue weighted by Crippen LogP contribution is 2.32. The molecule has 0 aliphatic heterocycles. The van der Waals surface area contributed by atoms with Crippen LogP contribution in [0.4, 0.5) is 11.4 Å². The van der Waals surface area contributed by atoms with Gasteiger partial charge in [0.25, 0.3) is 0 Å². The van der Waals surface area contributed by atoms with Gasteiger partial charge in [0.2, 0.25) is 0 Å². The van der Waals surface area contributed by atoms with E-state index >= 15 is 0 Å². The molecule has 36 heavy (non-hydrogen) atoms. The first-order valence-corrected chi connectivity index (χ1v) is 11.4. The van der Waals surface area contributed by atoms with E-state index in [0.29, 0.717) is 41.9 Å². The number of aromatic nitrogens is 2. The molecule has 5 aromatic rings. The number of H-pyrrole nitrogens is 1. The van der Waals surface area contributed by atoms with Crippen LogP contribution >= 0.6 is 0 Å². The van der Waals surface area contributed by atoms with Gasteiger partial charge < -0.3 is 25.3 Å². The number of fused-ring (bicyclic) bond motifs is 2. The molecule has 0 saturated carbocycles. The average molecular weight is 482 g/mol. The van der Waals surface area contributed by atoms with Crippen LogP contribution in [0, 0.1) is 0 Å². The molecule has 4 N–H and O–H groups in total. The van der Waals surface area contributed by atoms with Crippen LogP contribution < -0.4 is 10.1 Å². The molecule has 0 aliphatic rings. The molecular weight excluding hydrogens is 458 g/mol. The second-order valence-corrected chi connectivity index (χ2v) is 8.29. The van der Waals surface area contributed by atoms with Crippen molar-refractivity contribution in [2.45, 2.75) is 12.8 Å². The number of anilines is 2. The number of aromatic amines is 1. The maximum absolute atomic E-state index is 12.0. The van der Waals surface area contributed by atoms with Gasteiger partial charge in [0.1, 0.15) is 11.4 Å². The standard InChI is InChI=1S/C28H23N3O5/c32-27(33)21-13-14-29-16-23(21)30-22-11-4-9-19-20(26(28(34)35)31-25(19)22)10-5-15-36-24-12-3-7-17-6-1-2-8-18(17)24/h1-4,6-9,11-14,16,30-31H,5,10,15H2,(H,32,33)(H,34,35). The van der Waals surface area contributed by atoms with Gasteiger partial charge in [-0.3, -0.25) is 4.98 Å². The molecule has 0 aliphatic carbocycles. The summed E-state index contributed by atoms with van der Waals surface area (Å²) in [5.41, 5.74) is 2.30. The normalized spacial score (nSPS) is 11.0. The summed E-state index contributed by atoms with van der Waals surface area (Å²) in [4.78, 5) is 30.6. The lowest BCUT2D eigenvalue weighted by Gasteiger charge is -2.10.